The number of nitrogens with two attached hydrogens (primary N) is 1. The smallest absolute Gasteiger partial charge is 0.339 e. The molecule has 0 spiro atoms. The van der Waals surface area contributed by atoms with E-state index in [4.69, 9.17) is 10.5 Å². The van der Waals surface area contributed by atoms with Crippen molar-refractivity contribution in [3.63, 3.8) is 0 Å². The van der Waals surface area contributed by atoms with Gasteiger partial charge in [0.25, 0.3) is 5.91 Å². The van der Waals surface area contributed by atoms with Gasteiger partial charge in [-0.25, -0.2) is 4.79 Å². The van der Waals surface area contributed by atoms with Crippen molar-refractivity contribution >= 4 is 11.9 Å². The summed E-state index contributed by atoms with van der Waals surface area (Å²) in [7, 11) is 0. The fourth-order valence-corrected chi connectivity index (χ4v) is 1.24. The molecule has 0 aliphatic carbocycles. The minimum Gasteiger partial charge on any atom is -0.449 e. The summed E-state index contributed by atoms with van der Waals surface area (Å²) in [6, 6.07) is 5.47. The Morgan fingerprint density at radius 2 is 1.94 bits per heavy atom. The van der Waals surface area contributed by atoms with Crippen LogP contribution in [0.15, 0.2) is 18.2 Å². The van der Waals surface area contributed by atoms with Gasteiger partial charge < -0.3 is 10.5 Å². The number of esters is 1. The topological polar surface area (TPSA) is 69.4 Å². The highest BCUT2D eigenvalue weighted by atomic mass is 16.5. The second-order valence-electron chi connectivity index (χ2n) is 3.77. The van der Waals surface area contributed by atoms with E-state index >= 15 is 0 Å². The lowest BCUT2D eigenvalue weighted by molar-refractivity contribution is -0.125. The summed E-state index contributed by atoms with van der Waals surface area (Å²) in [6.45, 7) is 5.14. The Hall–Kier alpha value is -1.84. The van der Waals surface area contributed by atoms with Gasteiger partial charge in [0.15, 0.2) is 6.10 Å². The molecule has 86 valence electrons. The van der Waals surface area contributed by atoms with Gasteiger partial charge in [0.05, 0.1) is 5.56 Å². The first-order chi connectivity index (χ1) is 7.41. The van der Waals surface area contributed by atoms with Crippen LogP contribution in [-0.2, 0) is 9.53 Å². The molecule has 4 heteroatoms. The minimum absolute atomic E-state index is 0.466. The Kier molecular flexibility index (Phi) is 3.66. The fraction of sp³-hybridized carbons (Fsp3) is 0.333. The van der Waals surface area contributed by atoms with Crippen molar-refractivity contribution in [3.05, 3.63) is 34.9 Å². The van der Waals surface area contributed by atoms with E-state index in [0.29, 0.717) is 5.56 Å². The molecule has 1 aromatic carbocycles. The zero-order chi connectivity index (χ0) is 12.3. The van der Waals surface area contributed by atoms with Crippen LogP contribution in [0.25, 0.3) is 0 Å². The summed E-state index contributed by atoms with van der Waals surface area (Å²) < 4.78 is 4.92. The van der Waals surface area contributed by atoms with E-state index in [1.54, 1.807) is 6.07 Å². The number of ether oxygens (including phenoxy) is 1. The van der Waals surface area contributed by atoms with E-state index < -0.39 is 18.0 Å². The normalized spacial score (nSPS) is 11.9. The van der Waals surface area contributed by atoms with Crippen molar-refractivity contribution in [1.82, 2.24) is 0 Å². The van der Waals surface area contributed by atoms with E-state index in [0.717, 1.165) is 11.1 Å². The monoisotopic (exact) mass is 221 g/mol. The maximum Gasteiger partial charge on any atom is 0.339 e. The number of carbonyl (C=O) groups is 2. The molecular weight excluding hydrogens is 206 g/mol. The largest absolute Gasteiger partial charge is 0.449 e. The standard InChI is InChI=1S/C12H15NO3/c1-7-4-5-8(2)10(6-7)12(15)16-9(3)11(13)14/h4-6,9H,1-3H3,(H2,13,14)/t9-/m1/s1. The van der Waals surface area contributed by atoms with Crippen molar-refractivity contribution in [2.45, 2.75) is 26.9 Å². The number of rotatable bonds is 3. The van der Waals surface area contributed by atoms with Crippen LogP contribution in [0, 0.1) is 13.8 Å². The van der Waals surface area contributed by atoms with Crippen molar-refractivity contribution < 1.29 is 14.3 Å². The molecule has 2 N–H and O–H groups in total. The van der Waals surface area contributed by atoms with E-state index in [1.807, 2.05) is 26.0 Å². The van der Waals surface area contributed by atoms with Gasteiger partial charge in [-0.05, 0) is 32.4 Å². The minimum atomic E-state index is -0.910. The van der Waals surface area contributed by atoms with Crippen LogP contribution < -0.4 is 5.73 Å². The molecule has 16 heavy (non-hydrogen) atoms. The molecule has 0 saturated carbocycles. The van der Waals surface area contributed by atoms with Crippen LogP contribution in [0.1, 0.15) is 28.4 Å². The predicted octanol–water partition coefficient (Wildman–Crippen LogP) is 1.33. The van der Waals surface area contributed by atoms with Crippen LogP contribution >= 0.6 is 0 Å². The molecule has 0 fully saturated rings. The summed E-state index contributed by atoms with van der Waals surface area (Å²) >= 11 is 0. The van der Waals surface area contributed by atoms with Crippen LogP contribution in [0.5, 0.6) is 0 Å². The highest BCUT2D eigenvalue weighted by Crippen LogP contribution is 2.12. The van der Waals surface area contributed by atoms with Crippen LogP contribution in [0.4, 0.5) is 0 Å². The van der Waals surface area contributed by atoms with E-state index in [2.05, 4.69) is 0 Å². The van der Waals surface area contributed by atoms with Crippen molar-refractivity contribution in [3.8, 4) is 0 Å². The molecule has 4 nitrogen and oxygen atoms in total. The summed E-state index contributed by atoms with van der Waals surface area (Å²) in [5, 5.41) is 0. The first-order valence-corrected chi connectivity index (χ1v) is 4.99. The van der Waals surface area contributed by atoms with Crippen molar-refractivity contribution in [2.75, 3.05) is 0 Å². The number of amides is 1. The quantitative estimate of drug-likeness (QED) is 0.783. The average Bonchev–Trinajstić information content (AvgIpc) is 2.21. The third-order valence-electron chi connectivity index (χ3n) is 2.30. The molecule has 1 amide bonds. The Balaban J connectivity index is 2.88. The van der Waals surface area contributed by atoms with Gasteiger partial charge in [-0.3, -0.25) is 4.79 Å². The van der Waals surface area contributed by atoms with Crippen LogP contribution in [-0.4, -0.2) is 18.0 Å². The van der Waals surface area contributed by atoms with Gasteiger partial charge in [-0.1, -0.05) is 17.7 Å². The summed E-state index contributed by atoms with van der Waals surface area (Å²) in [5.74, 6) is -1.17. The third-order valence-corrected chi connectivity index (χ3v) is 2.30. The summed E-state index contributed by atoms with van der Waals surface area (Å²) in [5.41, 5.74) is 7.25. The van der Waals surface area contributed by atoms with Gasteiger partial charge >= 0.3 is 5.97 Å². The van der Waals surface area contributed by atoms with E-state index in [9.17, 15) is 9.59 Å². The van der Waals surface area contributed by atoms with Gasteiger partial charge in [-0.15, -0.1) is 0 Å². The number of aryl methyl sites for hydroxylation is 2. The summed E-state index contributed by atoms with van der Waals surface area (Å²) in [4.78, 5) is 22.5. The number of carbonyl (C=O) groups excluding carboxylic acids is 2. The average molecular weight is 221 g/mol. The second kappa shape index (κ2) is 4.79. The zero-order valence-electron chi connectivity index (χ0n) is 9.61. The lowest BCUT2D eigenvalue weighted by Crippen LogP contribution is -2.30. The number of benzene rings is 1. The molecule has 0 saturated heterocycles. The fourth-order valence-electron chi connectivity index (χ4n) is 1.24. The Morgan fingerprint density at radius 3 is 2.50 bits per heavy atom. The SMILES string of the molecule is Cc1ccc(C)c(C(=O)O[C@H](C)C(N)=O)c1. The first kappa shape index (κ1) is 12.2. The summed E-state index contributed by atoms with van der Waals surface area (Å²) in [6.07, 6.45) is -0.910. The maximum atomic E-state index is 11.7. The van der Waals surface area contributed by atoms with Gasteiger partial charge in [0.1, 0.15) is 0 Å². The Morgan fingerprint density at radius 1 is 1.31 bits per heavy atom. The molecule has 0 aromatic heterocycles. The third kappa shape index (κ3) is 2.82. The zero-order valence-corrected chi connectivity index (χ0v) is 9.61. The molecule has 1 aromatic rings. The first-order valence-electron chi connectivity index (χ1n) is 4.99. The molecule has 1 rings (SSSR count). The molecule has 0 aliphatic heterocycles. The molecule has 0 unspecified atom stereocenters. The van der Waals surface area contributed by atoms with Crippen LogP contribution in [0.2, 0.25) is 0 Å². The van der Waals surface area contributed by atoms with E-state index in [1.165, 1.54) is 6.92 Å². The lowest BCUT2D eigenvalue weighted by Gasteiger charge is -2.11. The maximum absolute atomic E-state index is 11.7. The Labute approximate surface area is 94.4 Å². The molecule has 0 aliphatic rings. The molecule has 0 radical (unpaired) electrons. The number of hydrogen-bond acceptors (Lipinski definition) is 3. The second-order valence-corrected chi connectivity index (χ2v) is 3.77. The molecule has 0 bridgehead atoms. The predicted molar refractivity (Wildman–Crippen MR) is 60.0 cm³/mol. The Bertz CT molecular complexity index is 426. The van der Waals surface area contributed by atoms with E-state index in [-0.39, 0.29) is 0 Å². The number of primary amides is 1. The lowest BCUT2D eigenvalue weighted by atomic mass is 10.1. The van der Waals surface area contributed by atoms with Crippen LogP contribution in [0.3, 0.4) is 0 Å². The van der Waals surface area contributed by atoms with Crippen molar-refractivity contribution in [2.24, 2.45) is 5.73 Å². The van der Waals surface area contributed by atoms with Gasteiger partial charge in [0, 0.05) is 0 Å². The number of hydrogen-bond donors (Lipinski definition) is 1. The highest BCUT2D eigenvalue weighted by Gasteiger charge is 2.17. The van der Waals surface area contributed by atoms with Gasteiger partial charge in [0.2, 0.25) is 0 Å². The molecule has 1 atom stereocenters. The van der Waals surface area contributed by atoms with Crippen molar-refractivity contribution in [1.29, 1.82) is 0 Å². The highest BCUT2D eigenvalue weighted by molar-refractivity contribution is 5.93. The van der Waals surface area contributed by atoms with Gasteiger partial charge in [-0.2, -0.15) is 0 Å². The molecule has 0 heterocycles. The molecular formula is C12H15NO3.